The van der Waals surface area contributed by atoms with Crippen LogP contribution in [0.3, 0.4) is 0 Å². The molecule has 3 aromatic rings. The molecule has 1 aliphatic heterocycles. The van der Waals surface area contributed by atoms with Crippen LogP contribution < -0.4 is 9.64 Å². The predicted octanol–water partition coefficient (Wildman–Crippen LogP) is 4.93. The first-order chi connectivity index (χ1) is 15.5. The molecule has 1 N–H and O–H groups in total. The summed E-state index contributed by atoms with van der Waals surface area (Å²) in [6, 6.07) is 14.7. The summed E-state index contributed by atoms with van der Waals surface area (Å²) >= 11 is 6.13. The highest BCUT2D eigenvalue weighted by Gasteiger charge is 2.47. The molecule has 4 rings (SSSR count). The zero-order valence-electron chi connectivity index (χ0n) is 17.6. The van der Waals surface area contributed by atoms with Crippen molar-refractivity contribution in [3.8, 4) is 5.75 Å². The third-order valence-electron chi connectivity index (χ3n) is 5.48. The SMILES string of the molecule is CCc1ccc(N2C(=O)C(=O)/C(=C(/O)c3cc(Cl)ccc3OC)C2c2cccnc2)cc1. The fraction of sp³-hybridized carbons (Fsp3) is 0.160. The molecule has 1 atom stereocenters. The summed E-state index contributed by atoms with van der Waals surface area (Å²) in [5, 5.41) is 11.6. The minimum absolute atomic E-state index is 0.0527. The van der Waals surface area contributed by atoms with E-state index in [4.69, 9.17) is 16.3 Å². The summed E-state index contributed by atoms with van der Waals surface area (Å²) in [7, 11) is 1.45. The summed E-state index contributed by atoms with van der Waals surface area (Å²) in [6.07, 6.45) is 4.03. The molecule has 6 nitrogen and oxygen atoms in total. The number of hydrogen-bond donors (Lipinski definition) is 1. The van der Waals surface area contributed by atoms with Crippen LogP contribution in [0.1, 0.15) is 29.7 Å². The van der Waals surface area contributed by atoms with Crippen LogP contribution in [0, 0.1) is 0 Å². The minimum Gasteiger partial charge on any atom is -0.507 e. The zero-order valence-corrected chi connectivity index (χ0v) is 18.3. The monoisotopic (exact) mass is 448 g/mol. The number of rotatable bonds is 5. The summed E-state index contributed by atoms with van der Waals surface area (Å²) in [5.41, 5.74) is 2.42. The van der Waals surface area contributed by atoms with Gasteiger partial charge < -0.3 is 9.84 Å². The predicted molar refractivity (Wildman–Crippen MR) is 123 cm³/mol. The average Bonchev–Trinajstić information content (AvgIpc) is 3.09. The molecule has 2 aromatic carbocycles. The molecule has 32 heavy (non-hydrogen) atoms. The first-order valence-corrected chi connectivity index (χ1v) is 10.5. The van der Waals surface area contributed by atoms with Crippen LogP contribution in [0.4, 0.5) is 5.69 Å². The lowest BCUT2D eigenvalue weighted by molar-refractivity contribution is -0.132. The Hall–Kier alpha value is -3.64. The molecule has 1 saturated heterocycles. The second kappa shape index (κ2) is 8.85. The van der Waals surface area contributed by atoms with Crippen molar-refractivity contribution in [2.75, 3.05) is 12.0 Å². The topological polar surface area (TPSA) is 79.7 Å². The maximum Gasteiger partial charge on any atom is 0.300 e. The van der Waals surface area contributed by atoms with Gasteiger partial charge in [-0.15, -0.1) is 0 Å². The van der Waals surface area contributed by atoms with E-state index >= 15 is 0 Å². The maximum atomic E-state index is 13.2. The number of amides is 1. The highest BCUT2D eigenvalue weighted by atomic mass is 35.5. The average molecular weight is 449 g/mol. The van der Waals surface area contributed by atoms with Gasteiger partial charge in [0, 0.05) is 23.1 Å². The van der Waals surface area contributed by atoms with Crippen LogP contribution in [0.25, 0.3) is 5.76 Å². The lowest BCUT2D eigenvalue weighted by Gasteiger charge is -2.25. The molecular weight excluding hydrogens is 428 g/mol. The fourth-order valence-electron chi connectivity index (χ4n) is 3.85. The Balaban J connectivity index is 1.95. The van der Waals surface area contributed by atoms with Crippen molar-refractivity contribution in [1.82, 2.24) is 4.98 Å². The molecule has 7 heteroatoms. The second-order valence-corrected chi connectivity index (χ2v) is 7.76. The first-order valence-electron chi connectivity index (χ1n) is 10.1. The largest absolute Gasteiger partial charge is 0.507 e. The van der Waals surface area contributed by atoms with Gasteiger partial charge in [-0.1, -0.05) is 36.7 Å². The van der Waals surface area contributed by atoms with Gasteiger partial charge in [0.25, 0.3) is 11.7 Å². The molecule has 2 heterocycles. The number of carbonyl (C=O) groups excluding carboxylic acids is 2. The van der Waals surface area contributed by atoms with Crippen molar-refractivity contribution in [2.45, 2.75) is 19.4 Å². The molecule has 1 aromatic heterocycles. The minimum atomic E-state index is -0.861. The number of ether oxygens (including phenoxy) is 1. The summed E-state index contributed by atoms with van der Waals surface area (Å²) < 4.78 is 5.35. The first kappa shape index (κ1) is 21.6. The molecule has 0 radical (unpaired) electrons. The zero-order chi connectivity index (χ0) is 22.8. The molecule has 0 aliphatic carbocycles. The van der Waals surface area contributed by atoms with Gasteiger partial charge in [0.2, 0.25) is 0 Å². The number of aliphatic hydroxyl groups is 1. The second-order valence-electron chi connectivity index (χ2n) is 7.32. The Morgan fingerprint density at radius 1 is 1.16 bits per heavy atom. The van der Waals surface area contributed by atoms with Gasteiger partial charge in [-0.05, 0) is 53.9 Å². The van der Waals surface area contributed by atoms with Gasteiger partial charge in [-0.2, -0.15) is 0 Å². The van der Waals surface area contributed by atoms with Crippen LogP contribution >= 0.6 is 11.6 Å². The fourth-order valence-corrected chi connectivity index (χ4v) is 4.03. The summed E-state index contributed by atoms with van der Waals surface area (Å²) in [4.78, 5) is 31.9. The number of ketones is 1. The van der Waals surface area contributed by atoms with E-state index < -0.39 is 17.7 Å². The number of anilines is 1. The van der Waals surface area contributed by atoms with Gasteiger partial charge in [-0.3, -0.25) is 19.5 Å². The number of nitrogens with zero attached hydrogens (tertiary/aromatic N) is 2. The Morgan fingerprint density at radius 3 is 2.53 bits per heavy atom. The summed E-state index contributed by atoms with van der Waals surface area (Å²) in [6.45, 7) is 2.04. The van der Waals surface area contributed by atoms with Crippen molar-refractivity contribution in [3.05, 3.63) is 94.3 Å². The quantitative estimate of drug-likeness (QED) is 0.340. The Kier molecular flexibility index (Phi) is 5.97. The van der Waals surface area contributed by atoms with E-state index in [1.165, 1.54) is 18.1 Å². The molecule has 0 bridgehead atoms. The third-order valence-corrected chi connectivity index (χ3v) is 5.72. The Labute approximate surface area is 190 Å². The van der Waals surface area contributed by atoms with Crippen molar-refractivity contribution in [2.24, 2.45) is 0 Å². The van der Waals surface area contributed by atoms with E-state index in [1.54, 1.807) is 48.8 Å². The van der Waals surface area contributed by atoms with E-state index in [0.717, 1.165) is 12.0 Å². The molecule has 162 valence electrons. The van der Waals surface area contributed by atoms with Crippen molar-refractivity contribution in [3.63, 3.8) is 0 Å². The van der Waals surface area contributed by atoms with E-state index in [2.05, 4.69) is 4.98 Å². The van der Waals surface area contributed by atoms with Gasteiger partial charge in [0.15, 0.2) is 0 Å². The molecule has 1 fully saturated rings. The van der Waals surface area contributed by atoms with Crippen molar-refractivity contribution < 1.29 is 19.4 Å². The van der Waals surface area contributed by atoms with Crippen LogP contribution in [0.15, 0.2) is 72.6 Å². The van der Waals surface area contributed by atoms with Crippen molar-refractivity contribution >= 4 is 34.7 Å². The number of aryl methyl sites for hydroxylation is 1. The summed E-state index contributed by atoms with van der Waals surface area (Å²) in [5.74, 6) is -1.55. The van der Waals surface area contributed by atoms with Gasteiger partial charge in [0.1, 0.15) is 11.5 Å². The van der Waals surface area contributed by atoms with E-state index in [0.29, 0.717) is 22.0 Å². The highest BCUT2D eigenvalue weighted by Crippen LogP contribution is 2.43. The molecule has 1 amide bonds. The molecule has 1 unspecified atom stereocenters. The standard InChI is InChI=1S/C25H21ClN2O4/c1-3-15-6-9-18(10-7-15)28-22(16-5-4-12-27-14-16)21(24(30)25(28)31)23(29)19-13-17(26)8-11-20(19)32-2/h4-14,22,29H,3H2,1-2H3/b23-21+. The number of methoxy groups -OCH3 is 1. The normalized spacial score (nSPS) is 17.6. The highest BCUT2D eigenvalue weighted by molar-refractivity contribution is 6.51. The maximum absolute atomic E-state index is 13.2. The molecular formula is C25H21ClN2O4. The van der Waals surface area contributed by atoms with Crippen LogP contribution in [0.5, 0.6) is 5.75 Å². The van der Waals surface area contributed by atoms with Gasteiger partial charge >= 0.3 is 0 Å². The number of pyridine rings is 1. The number of halogens is 1. The van der Waals surface area contributed by atoms with Gasteiger partial charge in [-0.25, -0.2) is 0 Å². The lowest BCUT2D eigenvalue weighted by Crippen LogP contribution is -2.29. The Morgan fingerprint density at radius 2 is 1.91 bits per heavy atom. The lowest BCUT2D eigenvalue weighted by atomic mass is 9.95. The molecule has 0 saturated carbocycles. The molecule has 1 aliphatic rings. The smallest absolute Gasteiger partial charge is 0.300 e. The molecule has 0 spiro atoms. The number of aromatic nitrogens is 1. The third kappa shape index (κ3) is 3.74. The number of Topliss-reactive ketones (excluding diaryl/α,β-unsaturated/α-hetero) is 1. The number of carbonyl (C=O) groups is 2. The Bertz CT molecular complexity index is 1210. The number of aliphatic hydroxyl groups excluding tert-OH is 1. The number of benzene rings is 2. The van der Waals surface area contributed by atoms with Crippen LogP contribution in [-0.4, -0.2) is 28.9 Å². The van der Waals surface area contributed by atoms with Gasteiger partial charge in [0.05, 0.1) is 24.3 Å². The van der Waals surface area contributed by atoms with Crippen LogP contribution in [0.2, 0.25) is 5.02 Å². The van der Waals surface area contributed by atoms with Crippen LogP contribution in [-0.2, 0) is 16.0 Å². The van der Waals surface area contributed by atoms with E-state index in [9.17, 15) is 14.7 Å². The van der Waals surface area contributed by atoms with Crippen molar-refractivity contribution in [1.29, 1.82) is 0 Å². The van der Waals surface area contributed by atoms with E-state index in [1.807, 2.05) is 19.1 Å². The van der Waals surface area contributed by atoms with E-state index in [-0.39, 0.29) is 16.9 Å². The number of hydrogen-bond acceptors (Lipinski definition) is 5.